The van der Waals surface area contributed by atoms with Crippen molar-refractivity contribution in [1.29, 1.82) is 0 Å². The second-order valence-corrected chi connectivity index (χ2v) is 2.62. The highest BCUT2D eigenvalue weighted by atomic mass is 16.3. The molecule has 0 atom stereocenters. The number of hydrogen-bond donors (Lipinski definition) is 0. The molecule has 0 fully saturated rings. The largest absolute Gasteiger partial charge is 0.865 e. The lowest BCUT2D eigenvalue weighted by molar-refractivity contribution is -0.602. The van der Waals surface area contributed by atoms with Crippen molar-refractivity contribution in [1.82, 2.24) is 0 Å². The summed E-state index contributed by atoms with van der Waals surface area (Å²) in [4.78, 5) is 21.6. The van der Waals surface area contributed by atoms with E-state index in [2.05, 4.69) is 0 Å². The highest BCUT2D eigenvalue weighted by molar-refractivity contribution is 5.43. The van der Waals surface area contributed by atoms with Crippen LogP contribution >= 0.6 is 0 Å². The summed E-state index contributed by atoms with van der Waals surface area (Å²) in [6, 6.07) is 5.11. The monoisotopic (exact) mass is 175 g/mol. The number of aromatic nitrogens is 1. The molecule has 0 N–H and O–H groups in total. The van der Waals surface area contributed by atoms with Crippen LogP contribution in [0.15, 0.2) is 40.2 Å². The average molecular weight is 175 g/mol. The van der Waals surface area contributed by atoms with E-state index in [9.17, 15) is 14.7 Å². The summed E-state index contributed by atoms with van der Waals surface area (Å²) in [6.07, 6.45) is 3.11. The number of pyridine rings is 1. The van der Waals surface area contributed by atoms with Gasteiger partial charge in [0.15, 0.2) is 12.4 Å². The average Bonchev–Trinajstić information content (AvgIpc) is 2.19. The lowest BCUT2D eigenvalue weighted by Gasteiger charge is -2.07. The van der Waals surface area contributed by atoms with Crippen molar-refractivity contribution in [2.45, 2.75) is 0 Å². The first kappa shape index (κ1) is 7.67. The van der Waals surface area contributed by atoms with Crippen molar-refractivity contribution >= 4 is 0 Å². The lowest BCUT2D eigenvalue weighted by Crippen LogP contribution is -2.49. The summed E-state index contributed by atoms with van der Waals surface area (Å²) < 4.78 is 1.35. The van der Waals surface area contributed by atoms with E-state index in [0.29, 0.717) is 0 Å². The Bertz CT molecular complexity index is 509. The van der Waals surface area contributed by atoms with Gasteiger partial charge in [0, 0.05) is 17.9 Å². The molecule has 0 unspecified atom stereocenters. The molecule has 4 nitrogen and oxygen atoms in total. The van der Waals surface area contributed by atoms with Gasteiger partial charge in [-0.25, -0.2) is 0 Å². The molecule has 0 aliphatic rings. The third-order valence-corrected chi connectivity index (χ3v) is 1.82. The maximum atomic E-state index is 10.9. The Labute approximate surface area is 73.0 Å². The van der Waals surface area contributed by atoms with E-state index < -0.39 is 16.6 Å². The minimum absolute atomic E-state index is 0.0643. The molecule has 0 amide bonds. The molecule has 0 aliphatic carbocycles. The van der Waals surface area contributed by atoms with E-state index in [4.69, 9.17) is 0 Å². The van der Waals surface area contributed by atoms with E-state index in [1.54, 1.807) is 30.6 Å². The molecule has 0 radical (unpaired) electrons. The van der Waals surface area contributed by atoms with Gasteiger partial charge in [-0.3, -0.25) is 9.59 Å². The van der Waals surface area contributed by atoms with Gasteiger partial charge < -0.3 is 5.11 Å². The summed E-state index contributed by atoms with van der Waals surface area (Å²) in [6.45, 7) is 0. The fourth-order valence-corrected chi connectivity index (χ4v) is 1.14. The first-order chi connectivity index (χ1) is 6.22. The van der Waals surface area contributed by atoms with Gasteiger partial charge in [-0.2, -0.15) is 4.57 Å². The standard InChI is InChI=1S/C9H5NO3/c11-7-6(8(12)9(7)13)10-4-2-1-3-5-10/h1-5H. The van der Waals surface area contributed by atoms with E-state index in [1.807, 2.05) is 0 Å². The smallest absolute Gasteiger partial charge is 0.296 e. The van der Waals surface area contributed by atoms with Crippen LogP contribution in [0.25, 0.3) is 5.69 Å². The molecule has 1 aromatic carbocycles. The molecular formula is C9H5NO3. The van der Waals surface area contributed by atoms with Crippen molar-refractivity contribution in [2.24, 2.45) is 0 Å². The first-order valence-electron chi connectivity index (χ1n) is 3.69. The summed E-state index contributed by atoms with van der Waals surface area (Å²) in [7, 11) is 0. The zero-order valence-corrected chi connectivity index (χ0v) is 6.56. The Balaban J connectivity index is 2.63. The van der Waals surface area contributed by atoms with Crippen molar-refractivity contribution in [3.8, 4) is 11.4 Å². The molecule has 2 aromatic rings. The predicted octanol–water partition coefficient (Wildman–Crippen LogP) is -1.37. The molecular weight excluding hydrogens is 170 g/mol. The molecule has 64 valence electrons. The fraction of sp³-hybridized carbons (Fsp3) is 0. The lowest BCUT2D eigenvalue weighted by atomic mass is 10.2. The van der Waals surface area contributed by atoms with Crippen molar-refractivity contribution in [3.05, 3.63) is 51.0 Å². The van der Waals surface area contributed by atoms with Crippen LogP contribution in [0, 0.1) is 0 Å². The van der Waals surface area contributed by atoms with Crippen molar-refractivity contribution < 1.29 is 9.67 Å². The van der Waals surface area contributed by atoms with Gasteiger partial charge in [-0.15, -0.1) is 0 Å². The normalized spacial score (nSPS) is 10.5. The second-order valence-electron chi connectivity index (χ2n) is 2.62. The third kappa shape index (κ3) is 0.955. The summed E-state index contributed by atoms with van der Waals surface area (Å²) in [5, 5.41) is 10.9. The van der Waals surface area contributed by atoms with Gasteiger partial charge in [0.25, 0.3) is 11.1 Å². The third-order valence-electron chi connectivity index (χ3n) is 1.82. The van der Waals surface area contributed by atoms with E-state index in [1.165, 1.54) is 4.57 Å². The SMILES string of the molecule is O=c1c([O-])c(-[n+]2ccccc2)c1=O. The molecule has 1 heterocycles. The van der Waals surface area contributed by atoms with Crippen molar-refractivity contribution in [3.63, 3.8) is 0 Å². The van der Waals surface area contributed by atoms with E-state index in [0.717, 1.165) is 0 Å². The van der Waals surface area contributed by atoms with Gasteiger partial charge in [0.2, 0.25) is 5.43 Å². The molecule has 2 rings (SSSR count). The van der Waals surface area contributed by atoms with Crippen LogP contribution in [0.2, 0.25) is 0 Å². The molecule has 1 aromatic heterocycles. The molecule has 0 saturated carbocycles. The highest BCUT2D eigenvalue weighted by Crippen LogP contribution is 2.01. The molecule has 4 heteroatoms. The molecule has 0 saturated heterocycles. The molecule has 0 bridgehead atoms. The topological polar surface area (TPSA) is 61.1 Å². The van der Waals surface area contributed by atoms with E-state index >= 15 is 0 Å². The molecule has 0 spiro atoms. The Morgan fingerprint density at radius 3 is 2.15 bits per heavy atom. The maximum Gasteiger partial charge on any atom is 0.296 e. The van der Waals surface area contributed by atoms with Crippen LogP contribution in [0.1, 0.15) is 0 Å². The number of rotatable bonds is 1. The van der Waals surface area contributed by atoms with Crippen LogP contribution in [0.4, 0.5) is 0 Å². The van der Waals surface area contributed by atoms with Crippen LogP contribution < -0.4 is 20.5 Å². The zero-order valence-electron chi connectivity index (χ0n) is 6.56. The van der Waals surface area contributed by atoms with Crippen LogP contribution in [-0.4, -0.2) is 0 Å². The van der Waals surface area contributed by atoms with Gasteiger partial charge in [0.05, 0.1) is 0 Å². The minimum atomic E-state index is -0.925. The van der Waals surface area contributed by atoms with Gasteiger partial charge >= 0.3 is 0 Å². The number of nitrogens with zero attached hydrogens (tertiary/aromatic N) is 1. The molecule has 13 heavy (non-hydrogen) atoms. The Hall–Kier alpha value is -1.97. The first-order valence-corrected chi connectivity index (χ1v) is 3.69. The van der Waals surface area contributed by atoms with E-state index in [-0.39, 0.29) is 5.69 Å². The molecule has 0 aliphatic heterocycles. The van der Waals surface area contributed by atoms with Crippen molar-refractivity contribution in [2.75, 3.05) is 0 Å². The van der Waals surface area contributed by atoms with Gasteiger partial charge in [0.1, 0.15) is 0 Å². The van der Waals surface area contributed by atoms with Gasteiger partial charge in [-0.1, -0.05) is 6.07 Å². The minimum Gasteiger partial charge on any atom is -0.865 e. The fourth-order valence-electron chi connectivity index (χ4n) is 1.14. The summed E-state index contributed by atoms with van der Waals surface area (Å²) in [5.74, 6) is -0.707. The van der Waals surface area contributed by atoms with Crippen LogP contribution in [0.5, 0.6) is 5.75 Å². The number of hydrogen-bond acceptors (Lipinski definition) is 3. The van der Waals surface area contributed by atoms with Crippen LogP contribution in [0.3, 0.4) is 0 Å². The Kier molecular flexibility index (Phi) is 1.48. The Morgan fingerprint density at radius 1 is 1.00 bits per heavy atom. The van der Waals surface area contributed by atoms with Gasteiger partial charge in [-0.05, 0) is 0 Å². The maximum absolute atomic E-state index is 10.9. The predicted molar refractivity (Wildman–Crippen MR) is 42.3 cm³/mol. The summed E-state index contributed by atoms with van der Waals surface area (Å²) >= 11 is 0. The quantitative estimate of drug-likeness (QED) is 0.397. The van der Waals surface area contributed by atoms with Crippen LogP contribution in [-0.2, 0) is 0 Å². The highest BCUT2D eigenvalue weighted by Gasteiger charge is 2.21. The Morgan fingerprint density at radius 2 is 1.62 bits per heavy atom. The summed E-state index contributed by atoms with van der Waals surface area (Å²) in [5.41, 5.74) is -1.70. The second kappa shape index (κ2) is 2.52. The zero-order chi connectivity index (χ0) is 9.42.